The number of methoxy groups -OCH3 is 1. The van der Waals surface area contributed by atoms with E-state index in [1.165, 1.54) is 19.2 Å². The Labute approximate surface area is 208 Å². The van der Waals surface area contributed by atoms with Crippen molar-refractivity contribution in [2.75, 3.05) is 7.11 Å². The van der Waals surface area contributed by atoms with Crippen LogP contribution in [0.25, 0.3) is 0 Å². The number of hydrogen-bond acceptors (Lipinski definition) is 6. The molecule has 1 aliphatic rings. The van der Waals surface area contributed by atoms with Gasteiger partial charge < -0.3 is 25.1 Å². The maximum Gasteiger partial charge on any atom is 0.205 e. The average Bonchev–Trinajstić information content (AvgIpc) is 2.78. The molecule has 33 heavy (non-hydrogen) atoms. The minimum absolute atomic E-state index is 0.0179. The molecule has 9 heteroatoms. The third-order valence-corrected chi connectivity index (χ3v) is 6.48. The lowest BCUT2D eigenvalue weighted by atomic mass is 9.83. The van der Waals surface area contributed by atoms with Gasteiger partial charge in [-0.1, -0.05) is 35.3 Å². The van der Waals surface area contributed by atoms with Crippen LogP contribution in [0, 0.1) is 11.3 Å². The van der Waals surface area contributed by atoms with Gasteiger partial charge >= 0.3 is 0 Å². The molecule has 4 rings (SSSR count). The van der Waals surface area contributed by atoms with E-state index in [1.54, 1.807) is 24.3 Å². The van der Waals surface area contributed by atoms with Crippen LogP contribution in [-0.4, -0.2) is 12.2 Å². The Balaban J connectivity index is 1.73. The smallest absolute Gasteiger partial charge is 0.205 e. The van der Waals surface area contributed by atoms with Gasteiger partial charge in [0.15, 0.2) is 11.5 Å². The molecule has 0 saturated carbocycles. The first-order valence-corrected chi connectivity index (χ1v) is 11.2. The molecule has 0 aromatic heterocycles. The lowest BCUT2D eigenvalue weighted by molar-refractivity contribution is 0.282. The van der Waals surface area contributed by atoms with Crippen molar-refractivity contribution in [3.63, 3.8) is 0 Å². The highest BCUT2D eigenvalue weighted by Gasteiger charge is 2.32. The summed E-state index contributed by atoms with van der Waals surface area (Å²) >= 11 is 15.6. The molecule has 1 atom stereocenters. The standard InChI is InChI=1S/C24H17BrCl2N2O4/c1-31-21-8-13(7-17(25)23(21)32-11-12-2-5-18(26)19(27)6-12)22-15-4-3-14(30)9-20(15)33-24(29)16(22)10-28/h2-9,22,30H,11,29H2,1H3/t22-/m1/s1. The van der Waals surface area contributed by atoms with Gasteiger partial charge in [-0.25, -0.2) is 0 Å². The van der Waals surface area contributed by atoms with E-state index in [1.807, 2.05) is 12.1 Å². The molecule has 6 nitrogen and oxygen atoms in total. The number of rotatable bonds is 5. The number of phenols is 1. The van der Waals surface area contributed by atoms with E-state index in [9.17, 15) is 10.4 Å². The Morgan fingerprint density at radius 2 is 1.94 bits per heavy atom. The molecule has 0 saturated heterocycles. The molecule has 0 bridgehead atoms. The second-order valence-electron chi connectivity index (χ2n) is 7.22. The predicted octanol–water partition coefficient (Wildman–Crippen LogP) is 6.27. The third-order valence-electron chi connectivity index (χ3n) is 5.15. The molecule has 0 radical (unpaired) electrons. The number of aromatic hydroxyl groups is 1. The third kappa shape index (κ3) is 4.55. The molecular formula is C24H17BrCl2N2O4. The Bertz CT molecular complexity index is 1320. The Morgan fingerprint density at radius 1 is 1.15 bits per heavy atom. The predicted molar refractivity (Wildman–Crippen MR) is 129 cm³/mol. The summed E-state index contributed by atoms with van der Waals surface area (Å²) in [7, 11) is 1.53. The van der Waals surface area contributed by atoms with E-state index in [2.05, 4.69) is 22.0 Å². The zero-order chi connectivity index (χ0) is 23.7. The zero-order valence-electron chi connectivity index (χ0n) is 17.2. The van der Waals surface area contributed by atoms with Crippen molar-refractivity contribution in [2.45, 2.75) is 12.5 Å². The van der Waals surface area contributed by atoms with Crippen LogP contribution in [0.4, 0.5) is 0 Å². The Kier molecular flexibility index (Phi) is 6.61. The van der Waals surface area contributed by atoms with Crippen molar-refractivity contribution < 1.29 is 19.3 Å². The maximum atomic E-state index is 9.84. The summed E-state index contributed by atoms with van der Waals surface area (Å²) in [5, 5.41) is 20.5. The molecule has 3 aromatic carbocycles. The number of ether oxygens (including phenoxy) is 3. The molecular weight excluding hydrogens is 531 g/mol. The van der Waals surface area contributed by atoms with Crippen LogP contribution in [0.5, 0.6) is 23.0 Å². The number of hydrogen-bond donors (Lipinski definition) is 2. The molecule has 168 valence electrons. The lowest BCUT2D eigenvalue weighted by Gasteiger charge is -2.27. The van der Waals surface area contributed by atoms with Crippen LogP contribution in [0.2, 0.25) is 10.0 Å². The van der Waals surface area contributed by atoms with E-state index in [0.29, 0.717) is 37.3 Å². The van der Waals surface area contributed by atoms with Gasteiger partial charge in [-0.3, -0.25) is 0 Å². The second-order valence-corrected chi connectivity index (χ2v) is 8.89. The fourth-order valence-electron chi connectivity index (χ4n) is 3.62. The highest BCUT2D eigenvalue weighted by Crippen LogP contribution is 2.47. The van der Waals surface area contributed by atoms with Gasteiger partial charge in [-0.05, 0) is 57.4 Å². The largest absolute Gasteiger partial charge is 0.508 e. The van der Waals surface area contributed by atoms with Crippen LogP contribution >= 0.6 is 39.1 Å². The van der Waals surface area contributed by atoms with Crippen LogP contribution in [0.3, 0.4) is 0 Å². The van der Waals surface area contributed by atoms with Crippen LogP contribution in [0.1, 0.15) is 22.6 Å². The molecule has 1 aliphatic heterocycles. The van der Waals surface area contributed by atoms with Crippen LogP contribution in [0.15, 0.2) is 64.5 Å². The quantitative estimate of drug-likeness (QED) is 0.391. The van der Waals surface area contributed by atoms with Crippen molar-refractivity contribution in [1.29, 1.82) is 5.26 Å². The van der Waals surface area contributed by atoms with Crippen LogP contribution in [-0.2, 0) is 6.61 Å². The van der Waals surface area contributed by atoms with E-state index in [0.717, 1.165) is 11.1 Å². The Hall–Kier alpha value is -3.05. The molecule has 0 fully saturated rings. The second kappa shape index (κ2) is 9.44. The van der Waals surface area contributed by atoms with Gasteiger partial charge in [0.2, 0.25) is 5.88 Å². The summed E-state index contributed by atoms with van der Waals surface area (Å²) in [5.74, 6) is 0.823. The highest BCUT2D eigenvalue weighted by atomic mass is 79.9. The molecule has 0 aliphatic carbocycles. The molecule has 1 heterocycles. The van der Waals surface area contributed by atoms with Crippen molar-refractivity contribution in [1.82, 2.24) is 0 Å². The topological polar surface area (TPSA) is 97.7 Å². The summed E-state index contributed by atoms with van der Waals surface area (Å²) in [6.45, 7) is 0.237. The number of nitriles is 1. The molecule has 3 N–H and O–H groups in total. The van der Waals surface area contributed by atoms with Crippen molar-refractivity contribution in [3.05, 3.63) is 91.2 Å². The van der Waals surface area contributed by atoms with Gasteiger partial charge in [-0.15, -0.1) is 0 Å². The van der Waals surface area contributed by atoms with E-state index < -0.39 is 5.92 Å². The number of fused-ring (bicyclic) bond motifs is 1. The van der Waals surface area contributed by atoms with Gasteiger partial charge in [0.05, 0.1) is 27.5 Å². The van der Waals surface area contributed by atoms with E-state index >= 15 is 0 Å². The van der Waals surface area contributed by atoms with E-state index in [4.69, 9.17) is 43.1 Å². The Morgan fingerprint density at radius 3 is 2.64 bits per heavy atom. The fraction of sp³-hybridized carbons (Fsp3) is 0.125. The molecule has 0 amide bonds. The number of halogens is 3. The number of phenolic OH excluding ortho intramolecular Hbond substituents is 1. The minimum atomic E-state index is -0.520. The molecule has 3 aromatic rings. The fourth-order valence-corrected chi connectivity index (χ4v) is 4.51. The van der Waals surface area contributed by atoms with Crippen molar-refractivity contribution in [2.24, 2.45) is 5.73 Å². The van der Waals surface area contributed by atoms with Crippen molar-refractivity contribution in [3.8, 4) is 29.1 Å². The van der Waals surface area contributed by atoms with Crippen LogP contribution < -0.4 is 19.9 Å². The number of nitrogens with zero attached hydrogens (tertiary/aromatic N) is 1. The first kappa shape index (κ1) is 23.1. The normalized spacial score (nSPS) is 14.8. The maximum absolute atomic E-state index is 9.84. The minimum Gasteiger partial charge on any atom is -0.508 e. The zero-order valence-corrected chi connectivity index (χ0v) is 20.3. The van der Waals surface area contributed by atoms with Gasteiger partial charge in [0, 0.05) is 11.6 Å². The van der Waals surface area contributed by atoms with E-state index in [-0.39, 0.29) is 23.8 Å². The highest BCUT2D eigenvalue weighted by molar-refractivity contribution is 9.10. The van der Waals surface area contributed by atoms with Gasteiger partial charge in [0.1, 0.15) is 29.7 Å². The first-order chi connectivity index (χ1) is 15.8. The lowest BCUT2D eigenvalue weighted by Crippen LogP contribution is -2.21. The monoisotopic (exact) mass is 546 g/mol. The summed E-state index contributed by atoms with van der Waals surface area (Å²) in [5.41, 5.74) is 8.54. The van der Waals surface area contributed by atoms with Crippen molar-refractivity contribution >= 4 is 39.1 Å². The first-order valence-electron chi connectivity index (χ1n) is 9.67. The van der Waals surface area contributed by atoms with Gasteiger partial charge in [0.25, 0.3) is 0 Å². The number of nitrogens with two attached hydrogens (primary N) is 1. The SMILES string of the molecule is COc1cc([C@H]2C(C#N)=C(N)Oc3cc(O)ccc32)cc(Br)c1OCc1ccc(Cl)c(Cl)c1. The summed E-state index contributed by atoms with van der Waals surface area (Å²) in [6, 6.07) is 15.7. The summed E-state index contributed by atoms with van der Waals surface area (Å²) in [4.78, 5) is 0. The molecule has 0 unspecified atom stereocenters. The molecule has 0 spiro atoms. The number of allylic oxidation sites excluding steroid dienone is 1. The number of benzene rings is 3. The average molecular weight is 548 g/mol. The summed E-state index contributed by atoms with van der Waals surface area (Å²) in [6.07, 6.45) is 0. The summed E-state index contributed by atoms with van der Waals surface area (Å²) < 4.78 is 17.8. The van der Waals surface area contributed by atoms with Gasteiger partial charge in [-0.2, -0.15) is 5.26 Å².